The molecule has 0 aliphatic carbocycles. The smallest absolute Gasteiger partial charge is 0.351 e. The summed E-state index contributed by atoms with van der Waals surface area (Å²) in [6, 6.07) is 5.79. The van der Waals surface area contributed by atoms with Crippen molar-refractivity contribution in [2.24, 2.45) is 5.16 Å². The van der Waals surface area contributed by atoms with Crippen LogP contribution in [0.1, 0.15) is 24.5 Å². The topological polar surface area (TPSA) is 68.1 Å². The number of oxime groups is 1. The molecular weight excluding hydrogens is 234 g/mol. The van der Waals surface area contributed by atoms with E-state index in [0.717, 1.165) is 23.3 Å². The average Bonchev–Trinajstić information content (AvgIpc) is 2.95. The van der Waals surface area contributed by atoms with Crippen LogP contribution >= 0.6 is 0 Å². The van der Waals surface area contributed by atoms with Gasteiger partial charge in [-0.05, 0) is 30.7 Å². The van der Waals surface area contributed by atoms with Gasteiger partial charge in [-0.1, -0.05) is 5.16 Å². The zero-order valence-corrected chi connectivity index (χ0v) is 9.97. The van der Waals surface area contributed by atoms with Crippen LogP contribution in [0, 0.1) is 0 Å². The molecule has 0 aromatic heterocycles. The lowest BCUT2D eigenvalue weighted by Crippen LogP contribution is -2.35. The van der Waals surface area contributed by atoms with Gasteiger partial charge in [0.25, 0.3) is 0 Å². The van der Waals surface area contributed by atoms with Gasteiger partial charge in [0.1, 0.15) is 5.75 Å². The number of fused-ring (bicyclic) bond motifs is 1. The van der Waals surface area contributed by atoms with Crippen molar-refractivity contribution in [2.75, 3.05) is 6.61 Å². The molecule has 94 valence electrons. The van der Waals surface area contributed by atoms with Gasteiger partial charge in [0.15, 0.2) is 0 Å². The van der Waals surface area contributed by atoms with E-state index in [1.54, 1.807) is 0 Å². The van der Waals surface area contributed by atoms with Crippen LogP contribution in [-0.4, -0.2) is 29.0 Å². The molecule has 0 bridgehead atoms. The second kappa shape index (κ2) is 3.73. The molecule has 2 aliphatic rings. The molecule has 0 saturated carbocycles. The van der Waals surface area contributed by atoms with E-state index in [-0.39, 0.29) is 6.42 Å². The Bertz CT molecular complexity index is 552. The number of carbonyl (C=O) groups is 1. The first-order chi connectivity index (χ1) is 8.58. The Hall–Kier alpha value is -2.04. The SMILES string of the molecule is CC1(C(=O)O)CC(c2ccc3c(c2)CCO3)=NO1. The predicted octanol–water partition coefficient (Wildman–Crippen LogP) is 1.59. The third-order valence-corrected chi connectivity index (χ3v) is 3.34. The molecule has 3 rings (SSSR count). The minimum atomic E-state index is -1.25. The monoisotopic (exact) mass is 247 g/mol. The molecule has 1 aromatic rings. The highest BCUT2D eigenvalue weighted by atomic mass is 16.7. The number of aliphatic carboxylic acids is 1. The Labute approximate surface area is 104 Å². The van der Waals surface area contributed by atoms with Gasteiger partial charge in [-0.2, -0.15) is 0 Å². The van der Waals surface area contributed by atoms with Crippen LogP contribution in [0.25, 0.3) is 0 Å². The fraction of sp³-hybridized carbons (Fsp3) is 0.385. The largest absolute Gasteiger partial charge is 0.493 e. The number of hydrogen-bond donors (Lipinski definition) is 1. The first-order valence-electron chi connectivity index (χ1n) is 5.83. The van der Waals surface area contributed by atoms with Crippen molar-refractivity contribution in [3.8, 4) is 5.75 Å². The van der Waals surface area contributed by atoms with Gasteiger partial charge in [-0.15, -0.1) is 0 Å². The van der Waals surface area contributed by atoms with E-state index in [9.17, 15) is 4.79 Å². The third kappa shape index (κ3) is 1.63. The van der Waals surface area contributed by atoms with Crippen molar-refractivity contribution >= 4 is 11.7 Å². The summed E-state index contributed by atoms with van der Waals surface area (Å²) in [6.07, 6.45) is 1.16. The van der Waals surface area contributed by atoms with Crippen LogP contribution in [0.3, 0.4) is 0 Å². The Morgan fingerprint density at radius 2 is 2.33 bits per heavy atom. The van der Waals surface area contributed by atoms with Crippen molar-refractivity contribution in [3.05, 3.63) is 29.3 Å². The predicted molar refractivity (Wildman–Crippen MR) is 63.9 cm³/mol. The summed E-state index contributed by atoms with van der Waals surface area (Å²) in [4.78, 5) is 16.1. The summed E-state index contributed by atoms with van der Waals surface area (Å²) in [7, 11) is 0. The first kappa shape index (κ1) is 11.1. The van der Waals surface area contributed by atoms with Crippen molar-refractivity contribution < 1.29 is 19.5 Å². The third-order valence-electron chi connectivity index (χ3n) is 3.34. The molecular formula is C13H13NO4. The molecule has 2 aliphatic heterocycles. The highest BCUT2D eigenvalue weighted by Gasteiger charge is 2.42. The molecule has 0 fully saturated rings. The molecule has 18 heavy (non-hydrogen) atoms. The molecule has 1 aromatic carbocycles. The van der Waals surface area contributed by atoms with E-state index < -0.39 is 11.6 Å². The number of carboxylic acids is 1. The highest BCUT2D eigenvalue weighted by molar-refractivity contribution is 6.04. The lowest BCUT2D eigenvalue weighted by atomic mass is 9.95. The van der Waals surface area contributed by atoms with Gasteiger partial charge in [0, 0.05) is 18.4 Å². The number of nitrogens with zero attached hydrogens (tertiary/aromatic N) is 1. The molecule has 5 nitrogen and oxygen atoms in total. The number of benzene rings is 1. The van der Waals surface area contributed by atoms with Crippen molar-refractivity contribution in [1.29, 1.82) is 0 Å². The van der Waals surface area contributed by atoms with E-state index in [2.05, 4.69) is 5.16 Å². The fourth-order valence-electron chi connectivity index (χ4n) is 2.18. The van der Waals surface area contributed by atoms with Gasteiger partial charge >= 0.3 is 5.97 Å². The zero-order valence-electron chi connectivity index (χ0n) is 9.97. The standard InChI is InChI=1S/C13H13NO4/c1-13(12(15)16)7-10(14-18-13)8-2-3-11-9(6-8)4-5-17-11/h2-3,6H,4-5,7H2,1H3,(H,15,16). The summed E-state index contributed by atoms with van der Waals surface area (Å²) in [5.41, 5.74) is 1.48. The van der Waals surface area contributed by atoms with Gasteiger partial charge in [-0.3, -0.25) is 0 Å². The molecule has 5 heteroatoms. The van der Waals surface area contributed by atoms with E-state index in [1.165, 1.54) is 6.92 Å². The van der Waals surface area contributed by atoms with Gasteiger partial charge < -0.3 is 14.7 Å². The average molecular weight is 247 g/mol. The second-order valence-corrected chi connectivity index (χ2v) is 4.76. The maximum Gasteiger partial charge on any atom is 0.351 e. The van der Waals surface area contributed by atoms with Crippen LogP contribution in [0.5, 0.6) is 5.75 Å². The minimum Gasteiger partial charge on any atom is -0.493 e. The van der Waals surface area contributed by atoms with Gasteiger partial charge in [-0.25, -0.2) is 4.79 Å². The first-order valence-corrected chi connectivity index (χ1v) is 5.83. The molecule has 0 saturated heterocycles. The Morgan fingerprint density at radius 3 is 3.06 bits per heavy atom. The molecule has 1 N–H and O–H groups in total. The Morgan fingerprint density at radius 1 is 1.50 bits per heavy atom. The lowest BCUT2D eigenvalue weighted by molar-refractivity contribution is -0.160. The van der Waals surface area contributed by atoms with Gasteiger partial charge in [0.2, 0.25) is 5.60 Å². The Kier molecular flexibility index (Phi) is 2.29. The number of ether oxygens (including phenoxy) is 1. The van der Waals surface area contributed by atoms with Crippen LogP contribution in [0.2, 0.25) is 0 Å². The van der Waals surface area contributed by atoms with E-state index >= 15 is 0 Å². The maximum atomic E-state index is 11.1. The molecule has 2 heterocycles. The summed E-state index contributed by atoms with van der Waals surface area (Å²) in [5, 5.41) is 13.0. The van der Waals surface area contributed by atoms with E-state index in [4.69, 9.17) is 14.7 Å². The van der Waals surface area contributed by atoms with Crippen LogP contribution < -0.4 is 4.74 Å². The highest BCUT2D eigenvalue weighted by Crippen LogP contribution is 2.30. The summed E-state index contributed by atoms with van der Waals surface area (Å²) < 4.78 is 5.43. The van der Waals surface area contributed by atoms with Gasteiger partial charge in [0.05, 0.1) is 12.3 Å². The molecule has 0 spiro atoms. The minimum absolute atomic E-state index is 0.280. The van der Waals surface area contributed by atoms with Crippen molar-refractivity contribution in [2.45, 2.75) is 25.4 Å². The molecule has 1 unspecified atom stereocenters. The lowest BCUT2D eigenvalue weighted by Gasteiger charge is -2.14. The maximum absolute atomic E-state index is 11.1. The summed E-state index contributed by atoms with van der Waals surface area (Å²) in [5.74, 6) is -0.0926. The summed E-state index contributed by atoms with van der Waals surface area (Å²) >= 11 is 0. The van der Waals surface area contributed by atoms with E-state index in [0.29, 0.717) is 12.3 Å². The molecule has 1 atom stereocenters. The normalized spacial score (nSPS) is 25.1. The summed E-state index contributed by atoms with van der Waals surface area (Å²) in [6.45, 7) is 2.23. The Balaban J connectivity index is 1.87. The number of rotatable bonds is 2. The quantitative estimate of drug-likeness (QED) is 0.861. The van der Waals surface area contributed by atoms with Crippen molar-refractivity contribution in [1.82, 2.24) is 0 Å². The fourth-order valence-corrected chi connectivity index (χ4v) is 2.18. The van der Waals surface area contributed by atoms with Crippen LogP contribution in [0.4, 0.5) is 0 Å². The number of hydrogen-bond acceptors (Lipinski definition) is 4. The molecule has 0 amide bonds. The second-order valence-electron chi connectivity index (χ2n) is 4.76. The van der Waals surface area contributed by atoms with E-state index in [1.807, 2.05) is 18.2 Å². The molecule has 0 radical (unpaired) electrons. The zero-order chi connectivity index (χ0) is 12.8. The van der Waals surface area contributed by atoms with Crippen molar-refractivity contribution in [3.63, 3.8) is 0 Å². The van der Waals surface area contributed by atoms with Crippen LogP contribution in [-0.2, 0) is 16.1 Å². The van der Waals surface area contributed by atoms with Crippen LogP contribution in [0.15, 0.2) is 23.4 Å². The number of carboxylic acid groups (broad SMARTS) is 1.